The summed E-state index contributed by atoms with van der Waals surface area (Å²) in [7, 11) is 1.59. The van der Waals surface area contributed by atoms with Gasteiger partial charge in [0.15, 0.2) is 5.82 Å². The molecule has 2 aliphatic rings. The number of nitrogens with one attached hydrogen (secondary N) is 1. The highest BCUT2D eigenvalue weighted by atomic mass is 16.5. The second-order valence-corrected chi connectivity index (χ2v) is 8.94. The molecular formula is C23H33N5O4. The molecule has 2 aromatic rings. The number of methoxy groups -OCH3 is 1. The highest BCUT2D eigenvalue weighted by Gasteiger charge is 2.31. The Labute approximate surface area is 188 Å². The van der Waals surface area contributed by atoms with Crippen LogP contribution in [0.15, 0.2) is 18.2 Å². The lowest BCUT2D eigenvalue weighted by Crippen LogP contribution is -2.38. The zero-order valence-electron chi connectivity index (χ0n) is 19.1. The molecule has 1 amide bonds. The van der Waals surface area contributed by atoms with E-state index in [0.717, 1.165) is 49.7 Å². The van der Waals surface area contributed by atoms with E-state index in [2.05, 4.69) is 38.8 Å². The van der Waals surface area contributed by atoms with Crippen molar-refractivity contribution in [3.05, 3.63) is 35.4 Å². The molecule has 1 aromatic carbocycles. The third-order valence-electron chi connectivity index (χ3n) is 6.38. The van der Waals surface area contributed by atoms with E-state index in [1.807, 2.05) is 12.1 Å². The van der Waals surface area contributed by atoms with Crippen LogP contribution in [0, 0.1) is 11.8 Å². The standard InChI is InChI=1S/C23H33N5O4/c1-15(2)21(24-23(30)17-7-11-32-14-17)22-26-25-20-6-8-27(9-10-28(20)22)13-16-4-5-18(31-3)12-19(16)29/h4-5,12,15,17,21,29H,6-11,13-14H2,1-3H3,(H,24,30)/t17-,21+/m0/s1. The highest BCUT2D eigenvalue weighted by molar-refractivity contribution is 5.79. The minimum Gasteiger partial charge on any atom is -0.507 e. The monoisotopic (exact) mass is 443 g/mol. The molecule has 1 aromatic heterocycles. The van der Waals surface area contributed by atoms with Crippen molar-refractivity contribution in [3.63, 3.8) is 0 Å². The van der Waals surface area contributed by atoms with Gasteiger partial charge in [0.1, 0.15) is 17.3 Å². The Morgan fingerprint density at radius 3 is 2.84 bits per heavy atom. The Hall–Kier alpha value is -2.65. The number of rotatable bonds is 7. The molecular weight excluding hydrogens is 410 g/mol. The van der Waals surface area contributed by atoms with Gasteiger partial charge in [-0.05, 0) is 18.4 Å². The lowest BCUT2D eigenvalue weighted by Gasteiger charge is -2.24. The van der Waals surface area contributed by atoms with Gasteiger partial charge in [-0.15, -0.1) is 10.2 Å². The highest BCUT2D eigenvalue weighted by Crippen LogP contribution is 2.27. The van der Waals surface area contributed by atoms with Crippen LogP contribution in [0.25, 0.3) is 0 Å². The number of ether oxygens (including phenoxy) is 2. The topological polar surface area (TPSA) is 102 Å². The largest absolute Gasteiger partial charge is 0.507 e. The van der Waals surface area contributed by atoms with E-state index in [1.54, 1.807) is 13.2 Å². The predicted octanol–water partition coefficient (Wildman–Crippen LogP) is 1.90. The summed E-state index contributed by atoms with van der Waals surface area (Å²) in [6.45, 7) is 8.32. The molecule has 2 atom stereocenters. The number of aromatic hydroxyl groups is 1. The summed E-state index contributed by atoms with van der Waals surface area (Å²) in [4.78, 5) is 15.0. The number of nitrogens with zero attached hydrogens (tertiary/aromatic N) is 4. The first kappa shape index (κ1) is 22.5. The van der Waals surface area contributed by atoms with Crippen molar-refractivity contribution in [2.75, 3.05) is 33.4 Å². The summed E-state index contributed by atoms with van der Waals surface area (Å²) >= 11 is 0. The summed E-state index contributed by atoms with van der Waals surface area (Å²) < 4.78 is 12.7. The van der Waals surface area contributed by atoms with Gasteiger partial charge in [0.05, 0.1) is 25.7 Å². The average molecular weight is 444 g/mol. The summed E-state index contributed by atoms with van der Waals surface area (Å²) in [5, 5.41) is 22.5. The summed E-state index contributed by atoms with van der Waals surface area (Å²) in [5.74, 6) is 2.77. The molecule has 0 bridgehead atoms. The molecule has 9 heteroatoms. The molecule has 2 aliphatic heterocycles. The van der Waals surface area contributed by atoms with E-state index in [1.165, 1.54) is 0 Å². The second kappa shape index (κ2) is 9.87. The van der Waals surface area contributed by atoms with Crippen molar-refractivity contribution in [1.29, 1.82) is 0 Å². The number of aromatic nitrogens is 3. The van der Waals surface area contributed by atoms with E-state index in [4.69, 9.17) is 9.47 Å². The fourth-order valence-corrected chi connectivity index (χ4v) is 4.36. The predicted molar refractivity (Wildman–Crippen MR) is 118 cm³/mol. The number of benzene rings is 1. The number of fused-ring (bicyclic) bond motifs is 1. The number of hydrogen-bond acceptors (Lipinski definition) is 7. The number of phenolic OH excluding ortho intramolecular Hbond substituents is 1. The van der Waals surface area contributed by atoms with Gasteiger partial charge < -0.3 is 24.5 Å². The molecule has 0 saturated carbocycles. The maximum Gasteiger partial charge on any atom is 0.226 e. The molecule has 2 N–H and O–H groups in total. The number of carbonyl (C=O) groups excluding carboxylic acids is 1. The first-order chi connectivity index (χ1) is 15.5. The minimum absolute atomic E-state index is 0.0313. The first-order valence-corrected chi connectivity index (χ1v) is 11.3. The Kier molecular flexibility index (Phi) is 6.95. The Morgan fingerprint density at radius 2 is 2.16 bits per heavy atom. The van der Waals surface area contributed by atoms with E-state index < -0.39 is 0 Å². The zero-order chi connectivity index (χ0) is 22.7. The van der Waals surface area contributed by atoms with Gasteiger partial charge in [0.25, 0.3) is 0 Å². The van der Waals surface area contributed by atoms with Crippen molar-refractivity contribution >= 4 is 5.91 Å². The Bertz CT molecular complexity index is 938. The molecule has 0 unspecified atom stereocenters. The van der Waals surface area contributed by atoms with Crippen LogP contribution >= 0.6 is 0 Å². The van der Waals surface area contributed by atoms with Gasteiger partial charge in [-0.3, -0.25) is 9.69 Å². The van der Waals surface area contributed by atoms with Crippen molar-refractivity contribution < 1.29 is 19.4 Å². The summed E-state index contributed by atoms with van der Waals surface area (Å²) in [6, 6.07) is 5.22. The lowest BCUT2D eigenvalue weighted by atomic mass is 10.0. The fourth-order valence-electron chi connectivity index (χ4n) is 4.36. The van der Waals surface area contributed by atoms with Gasteiger partial charge in [0, 0.05) is 50.8 Å². The number of carbonyl (C=O) groups is 1. The van der Waals surface area contributed by atoms with Crippen LogP contribution in [0.2, 0.25) is 0 Å². The molecule has 1 saturated heterocycles. The molecule has 4 rings (SSSR count). The number of amides is 1. The maximum absolute atomic E-state index is 12.7. The van der Waals surface area contributed by atoms with E-state index >= 15 is 0 Å². The molecule has 0 spiro atoms. The lowest BCUT2D eigenvalue weighted by molar-refractivity contribution is -0.126. The second-order valence-electron chi connectivity index (χ2n) is 8.94. The van der Waals surface area contributed by atoms with Crippen LogP contribution in [-0.4, -0.2) is 64.1 Å². The van der Waals surface area contributed by atoms with Crippen LogP contribution < -0.4 is 10.1 Å². The smallest absolute Gasteiger partial charge is 0.226 e. The van der Waals surface area contributed by atoms with Crippen molar-refractivity contribution in [1.82, 2.24) is 25.0 Å². The van der Waals surface area contributed by atoms with E-state index in [9.17, 15) is 9.90 Å². The molecule has 32 heavy (non-hydrogen) atoms. The minimum atomic E-state index is -0.193. The summed E-state index contributed by atoms with van der Waals surface area (Å²) in [6.07, 6.45) is 1.53. The molecule has 0 radical (unpaired) electrons. The van der Waals surface area contributed by atoms with Gasteiger partial charge in [0.2, 0.25) is 5.91 Å². The van der Waals surface area contributed by atoms with Gasteiger partial charge in [-0.1, -0.05) is 19.9 Å². The number of phenols is 1. The summed E-state index contributed by atoms with van der Waals surface area (Å²) in [5.41, 5.74) is 0.870. The van der Waals surface area contributed by atoms with Crippen LogP contribution in [0.3, 0.4) is 0 Å². The zero-order valence-corrected chi connectivity index (χ0v) is 19.1. The van der Waals surface area contributed by atoms with Gasteiger partial charge in [-0.25, -0.2) is 0 Å². The van der Waals surface area contributed by atoms with Crippen molar-refractivity contribution in [2.24, 2.45) is 11.8 Å². The number of hydrogen-bond donors (Lipinski definition) is 2. The molecule has 1 fully saturated rings. The molecule has 0 aliphatic carbocycles. The van der Waals surface area contributed by atoms with E-state index in [0.29, 0.717) is 25.5 Å². The van der Waals surface area contributed by atoms with Gasteiger partial charge in [-0.2, -0.15) is 0 Å². The average Bonchev–Trinajstić information content (AvgIpc) is 3.41. The van der Waals surface area contributed by atoms with Crippen molar-refractivity contribution in [3.8, 4) is 11.5 Å². The molecule has 174 valence electrons. The van der Waals surface area contributed by atoms with Gasteiger partial charge >= 0.3 is 0 Å². The van der Waals surface area contributed by atoms with Crippen LogP contribution in [0.4, 0.5) is 0 Å². The van der Waals surface area contributed by atoms with Crippen LogP contribution in [0.1, 0.15) is 43.5 Å². The van der Waals surface area contributed by atoms with E-state index in [-0.39, 0.29) is 29.5 Å². The Morgan fingerprint density at radius 1 is 1.31 bits per heavy atom. The normalized spacial score (nSPS) is 20.1. The molecule has 9 nitrogen and oxygen atoms in total. The SMILES string of the molecule is COc1ccc(CN2CCc3nnc([C@H](NC(=O)[C@H]4CCOC4)C(C)C)n3CC2)c(O)c1. The van der Waals surface area contributed by atoms with Crippen LogP contribution in [-0.2, 0) is 29.0 Å². The van der Waals surface area contributed by atoms with Crippen molar-refractivity contribution in [2.45, 2.75) is 45.8 Å². The third-order valence-corrected chi connectivity index (χ3v) is 6.38. The quantitative estimate of drug-likeness (QED) is 0.674. The molecule has 3 heterocycles. The first-order valence-electron chi connectivity index (χ1n) is 11.3. The third kappa shape index (κ3) is 4.88. The fraction of sp³-hybridized carbons (Fsp3) is 0.609. The maximum atomic E-state index is 12.7. The Balaban J connectivity index is 1.45. The van der Waals surface area contributed by atoms with Crippen LogP contribution in [0.5, 0.6) is 11.5 Å².